The van der Waals surface area contributed by atoms with Gasteiger partial charge in [0, 0.05) is 0 Å². The largest absolute Gasteiger partial charge is 0.237 e. The lowest BCUT2D eigenvalue weighted by Gasteiger charge is -2.23. The summed E-state index contributed by atoms with van der Waals surface area (Å²) in [5.74, 6) is 0. The van der Waals surface area contributed by atoms with Gasteiger partial charge in [-0.25, -0.2) is 5.11 Å². The lowest BCUT2D eigenvalue weighted by molar-refractivity contribution is 0.167. The first-order valence-electron chi connectivity index (χ1n) is 4.30. The van der Waals surface area contributed by atoms with E-state index in [9.17, 15) is 5.11 Å². The molecular weight excluding hydrogens is 148 g/mol. The maximum absolute atomic E-state index is 10.5. The molecule has 0 unspecified atom stereocenters. The average molecular weight is 163 g/mol. The van der Waals surface area contributed by atoms with Gasteiger partial charge >= 0.3 is 0 Å². The third-order valence-corrected chi connectivity index (χ3v) is 2.28. The van der Waals surface area contributed by atoms with Gasteiger partial charge in [-0.15, -0.1) is 0 Å². The predicted molar refractivity (Wildman–Crippen MR) is 49.6 cm³/mol. The van der Waals surface area contributed by atoms with E-state index in [2.05, 4.69) is 26.0 Å². The third kappa shape index (κ3) is 2.08. The summed E-state index contributed by atoms with van der Waals surface area (Å²) in [6.07, 6.45) is 0.705. The molecule has 0 atom stereocenters. The van der Waals surface area contributed by atoms with Gasteiger partial charge < -0.3 is 0 Å². The second-order valence-corrected chi connectivity index (χ2v) is 3.70. The van der Waals surface area contributed by atoms with Gasteiger partial charge in [-0.3, -0.25) is 0 Å². The molecule has 0 heterocycles. The Kier molecular flexibility index (Phi) is 2.88. The van der Waals surface area contributed by atoms with Crippen molar-refractivity contribution in [2.75, 3.05) is 6.61 Å². The first kappa shape index (κ1) is 9.27. The summed E-state index contributed by atoms with van der Waals surface area (Å²) in [4.78, 5) is 0. The molecule has 0 N–H and O–H groups in total. The Morgan fingerprint density at radius 3 is 2.25 bits per heavy atom. The van der Waals surface area contributed by atoms with Gasteiger partial charge in [0.05, 0.1) is 6.61 Å². The van der Waals surface area contributed by atoms with Gasteiger partial charge in [-0.05, 0) is 17.4 Å². The van der Waals surface area contributed by atoms with E-state index in [1.165, 1.54) is 5.56 Å². The minimum atomic E-state index is 0.00188. The molecule has 1 aromatic rings. The second-order valence-electron chi connectivity index (χ2n) is 3.70. The van der Waals surface area contributed by atoms with Crippen molar-refractivity contribution >= 4 is 0 Å². The molecule has 0 aromatic heterocycles. The molecule has 65 valence electrons. The SMILES string of the molecule is CC(C)(CC[O])c1ccccc1. The molecule has 0 saturated heterocycles. The molecule has 0 spiro atoms. The number of rotatable bonds is 3. The summed E-state index contributed by atoms with van der Waals surface area (Å²) >= 11 is 0. The van der Waals surface area contributed by atoms with Crippen molar-refractivity contribution < 1.29 is 5.11 Å². The quantitative estimate of drug-likeness (QED) is 0.653. The molecule has 1 heteroatoms. The van der Waals surface area contributed by atoms with E-state index in [-0.39, 0.29) is 12.0 Å². The third-order valence-electron chi connectivity index (χ3n) is 2.28. The summed E-state index contributed by atoms with van der Waals surface area (Å²) in [6.45, 7) is 4.22. The van der Waals surface area contributed by atoms with E-state index < -0.39 is 0 Å². The molecule has 0 aliphatic rings. The molecule has 12 heavy (non-hydrogen) atoms. The Labute approximate surface area is 74.1 Å². The number of hydrogen-bond acceptors (Lipinski definition) is 0. The standard InChI is InChI=1S/C11H15O/c1-11(2,8-9-12)10-6-4-3-5-7-10/h3-7H,8-9H2,1-2H3. The Morgan fingerprint density at radius 1 is 1.17 bits per heavy atom. The van der Waals surface area contributed by atoms with Gasteiger partial charge in [-0.1, -0.05) is 44.2 Å². The highest BCUT2D eigenvalue weighted by Crippen LogP contribution is 2.25. The predicted octanol–water partition coefficient (Wildman–Crippen LogP) is 2.78. The summed E-state index contributed by atoms with van der Waals surface area (Å²) in [6, 6.07) is 10.2. The highest BCUT2D eigenvalue weighted by atomic mass is 16.3. The summed E-state index contributed by atoms with van der Waals surface area (Å²) in [7, 11) is 0. The fourth-order valence-corrected chi connectivity index (χ4v) is 1.29. The fraction of sp³-hybridized carbons (Fsp3) is 0.455. The average Bonchev–Trinajstić information content (AvgIpc) is 2.06. The van der Waals surface area contributed by atoms with E-state index >= 15 is 0 Å². The topological polar surface area (TPSA) is 19.9 Å². The van der Waals surface area contributed by atoms with E-state index in [4.69, 9.17) is 0 Å². The zero-order valence-electron chi connectivity index (χ0n) is 7.71. The molecular formula is C11H15O. The van der Waals surface area contributed by atoms with Crippen molar-refractivity contribution in [2.24, 2.45) is 0 Å². The van der Waals surface area contributed by atoms with Crippen LogP contribution in [0.15, 0.2) is 30.3 Å². The van der Waals surface area contributed by atoms with Crippen LogP contribution in [0.1, 0.15) is 25.8 Å². The summed E-state index contributed by atoms with van der Waals surface area (Å²) in [5.41, 5.74) is 1.28. The molecule has 0 saturated carbocycles. The number of hydrogen-bond donors (Lipinski definition) is 0. The van der Waals surface area contributed by atoms with Crippen LogP contribution in [0.2, 0.25) is 0 Å². The second kappa shape index (κ2) is 3.72. The van der Waals surface area contributed by atoms with Crippen LogP contribution in [0.5, 0.6) is 0 Å². The highest BCUT2D eigenvalue weighted by molar-refractivity contribution is 5.23. The molecule has 0 aliphatic carbocycles. The van der Waals surface area contributed by atoms with Crippen LogP contribution in [0.3, 0.4) is 0 Å². The fourth-order valence-electron chi connectivity index (χ4n) is 1.29. The van der Waals surface area contributed by atoms with Crippen LogP contribution in [-0.4, -0.2) is 6.61 Å². The van der Waals surface area contributed by atoms with Crippen molar-refractivity contribution in [1.82, 2.24) is 0 Å². The van der Waals surface area contributed by atoms with Gasteiger partial charge in [0.1, 0.15) is 0 Å². The maximum atomic E-state index is 10.5. The normalized spacial score (nSPS) is 11.6. The molecule has 0 aliphatic heterocycles. The van der Waals surface area contributed by atoms with Crippen LogP contribution < -0.4 is 0 Å². The summed E-state index contributed by atoms with van der Waals surface area (Å²) in [5, 5.41) is 10.5. The van der Waals surface area contributed by atoms with Gasteiger partial charge in [0.15, 0.2) is 0 Å². The van der Waals surface area contributed by atoms with E-state index in [0.717, 1.165) is 0 Å². The first-order valence-corrected chi connectivity index (χ1v) is 4.30. The van der Waals surface area contributed by atoms with E-state index in [0.29, 0.717) is 6.42 Å². The summed E-state index contributed by atoms with van der Waals surface area (Å²) < 4.78 is 0. The Bertz CT molecular complexity index is 226. The smallest absolute Gasteiger partial charge is 0.0830 e. The highest BCUT2D eigenvalue weighted by Gasteiger charge is 2.18. The van der Waals surface area contributed by atoms with E-state index in [1.54, 1.807) is 0 Å². The van der Waals surface area contributed by atoms with Gasteiger partial charge in [0.25, 0.3) is 0 Å². The van der Waals surface area contributed by atoms with E-state index in [1.807, 2.05) is 18.2 Å². The molecule has 1 radical (unpaired) electrons. The van der Waals surface area contributed by atoms with Crippen molar-refractivity contribution in [3.05, 3.63) is 35.9 Å². The molecule has 1 aromatic carbocycles. The van der Waals surface area contributed by atoms with Crippen molar-refractivity contribution in [3.8, 4) is 0 Å². The van der Waals surface area contributed by atoms with Crippen LogP contribution in [0, 0.1) is 0 Å². The molecule has 1 rings (SSSR count). The maximum Gasteiger partial charge on any atom is 0.0830 e. The zero-order valence-corrected chi connectivity index (χ0v) is 7.71. The monoisotopic (exact) mass is 163 g/mol. The van der Waals surface area contributed by atoms with Crippen molar-refractivity contribution in [3.63, 3.8) is 0 Å². The minimum Gasteiger partial charge on any atom is -0.237 e. The van der Waals surface area contributed by atoms with Crippen LogP contribution in [-0.2, 0) is 10.5 Å². The molecule has 0 bridgehead atoms. The molecule has 0 fully saturated rings. The molecule has 0 amide bonds. The Morgan fingerprint density at radius 2 is 1.75 bits per heavy atom. The van der Waals surface area contributed by atoms with Gasteiger partial charge in [0.2, 0.25) is 0 Å². The van der Waals surface area contributed by atoms with Gasteiger partial charge in [-0.2, -0.15) is 0 Å². The zero-order chi connectivity index (χ0) is 9.03. The lowest BCUT2D eigenvalue weighted by atomic mass is 9.82. The van der Waals surface area contributed by atoms with Crippen molar-refractivity contribution in [1.29, 1.82) is 0 Å². The Hall–Kier alpha value is -0.820. The van der Waals surface area contributed by atoms with Crippen LogP contribution in [0.25, 0.3) is 0 Å². The number of benzene rings is 1. The van der Waals surface area contributed by atoms with Crippen molar-refractivity contribution in [2.45, 2.75) is 25.7 Å². The first-order chi connectivity index (χ1) is 5.67. The Balaban J connectivity index is 2.82. The molecule has 1 nitrogen and oxygen atoms in total. The van der Waals surface area contributed by atoms with Crippen LogP contribution >= 0.6 is 0 Å². The minimum absolute atomic E-state index is 0.00188. The van der Waals surface area contributed by atoms with Crippen LogP contribution in [0.4, 0.5) is 0 Å². The lowest BCUT2D eigenvalue weighted by Crippen LogP contribution is -2.18.